The molecule has 0 aliphatic heterocycles. The SMILES string of the molecule is Cc1c(C(=O)N(CCC#N)Cc2cccnc2)oc2ccc(Cl)cc12. The molecule has 2 heterocycles. The summed E-state index contributed by atoms with van der Waals surface area (Å²) in [7, 11) is 0. The van der Waals surface area contributed by atoms with Gasteiger partial charge in [-0.15, -0.1) is 0 Å². The van der Waals surface area contributed by atoms with E-state index in [-0.39, 0.29) is 18.1 Å². The van der Waals surface area contributed by atoms with Crippen molar-refractivity contribution in [3.8, 4) is 6.07 Å². The Morgan fingerprint density at radius 2 is 2.24 bits per heavy atom. The molecule has 126 valence electrons. The Hall–Kier alpha value is -2.84. The second kappa shape index (κ2) is 7.37. The van der Waals surface area contributed by atoms with Gasteiger partial charge in [-0.25, -0.2) is 0 Å². The fraction of sp³-hybridized carbons (Fsp3) is 0.211. The van der Waals surface area contributed by atoms with Crippen molar-refractivity contribution in [2.24, 2.45) is 0 Å². The molecule has 0 bridgehead atoms. The molecule has 0 saturated heterocycles. The van der Waals surface area contributed by atoms with Crippen molar-refractivity contribution in [2.75, 3.05) is 6.54 Å². The van der Waals surface area contributed by atoms with Crippen LogP contribution >= 0.6 is 11.6 Å². The number of amides is 1. The van der Waals surface area contributed by atoms with Gasteiger partial charge in [-0.2, -0.15) is 5.26 Å². The summed E-state index contributed by atoms with van der Waals surface area (Å²) in [4.78, 5) is 18.7. The quantitative estimate of drug-likeness (QED) is 0.683. The zero-order chi connectivity index (χ0) is 17.8. The molecule has 5 nitrogen and oxygen atoms in total. The number of carbonyl (C=O) groups excluding carboxylic acids is 1. The van der Waals surface area contributed by atoms with Crippen molar-refractivity contribution in [1.82, 2.24) is 9.88 Å². The first kappa shape index (κ1) is 17.0. The highest BCUT2D eigenvalue weighted by Gasteiger charge is 2.23. The summed E-state index contributed by atoms with van der Waals surface area (Å²) in [5, 5.41) is 10.3. The van der Waals surface area contributed by atoms with Gasteiger partial charge in [0.05, 0.1) is 12.5 Å². The highest BCUT2D eigenvalue weighted by atomic mass is 35.5. The van der Waals surface area contributed by atoms with Crippen LogP contribution in [0.15, 0.2) is 47.1 Å². The van der Waals surface area contributed by atoms with Crippen LogP contribution in [-0.2, 0) is 6.54 Å². The number of hydrogen-bond donors (Lipinski definition) is 0. The molecule has 25 heavy (non-hydrogen) atoms. The number of halogens is 1. The second-order valence-corrected chi connectivity index (χ2v) is 6.13. The highest BCUT2D eigenvalue weighted by molar-refractivity contribution is 6.31. The summed E-state index contributed by atoms with van der Waals surface area (Å²) in [6.07, 6.45) is 3.63. The Morgan fingerprint density at radius 3 is 2.96 bits per heavy atom. The maximum atomic E-state index is 13.0. The van der Waals surface area contributed by atoms with Crippen LogP contribution in [0.5, 0.6) is 0 Å². The van der Waals surface area contributed by atoms with E-state index < -0.39 is 0 Å². The van der Waals surface area contributed by atoms with Crippen LogP contribution in [-0.4, -0.2) is 22.3 Å². The van der Waals surface area contributed by atoms with E-state index in [0.29, 0.717) is 23.7 Å². The number of benzene rings is 1. The Bertz CT molecular complexity index is 944. The number of aromatic nitrogens is 1. The number of hydrogen-bond acceptors (Lipinski definition) is 4. The Labute approximate surface area is 150 Å². The molecule has 0 N–H and O–H groups in total. The molecule has 0 unspecified atom stereocenters. The predicted molar refractivity (Wildman–Crippen MR) is 95.2 cm³/mol. The zero-order valence-electron chi connectivity index (χ0n) is 13.7. The second-order valence-electron chi connectivity index (χ2n) is 5.69. The van der Waals surface area contributed by atoms with E-state index >= 15 is 0 Å². The first-order chi connectivity index (χ1) is 12.1. The molecule has 1 amide bonds. The minimum absolute atomic E-state index is 0.246. The van der Waals surface area contributed by atoms with Crippen molar-refractivity contribution >= 4 is 28.5 Å². The first-order valence-electron chi connectivity index (χ1n) is 7.84. The summed E-state index contributed by atoms with van der Waals surface area (Å²) in [5.41, 5.74) is 2.26. The number of aryl methyl sites for hydroxylation is 1. The third-order valence-corrected chi connectivity index (χ3v) is 4.20. The summed E-state index contributed by atoms with van der Waals surface area (Å²) in [6.45, 7) is 2.52. The molecule has 1 aromatic carbocycles. The fourth-order valence-electron chi connectivity index (χ4n) is 2.69. The fourth-order valence-corrected chi connectivity index (χ4v) is 2.86. The third-order valence-electron chi connectivity index (χ3n) is 3.97. The lowest BCUT2D eigenvalue weighted by atomic mass is 10.1. The van der Waals surface area contributed by atoms with Crippen LogP contribution in [0.4, 0.5) is 0 Å². The standard InChI is InChI=1S/C19H16ClN3O2/c1-13-16-10-15(20)5-6-17(16)25-18(13)19(24)23(9-3-7-21)12-14-4-2-8-22-11-14/h2,4-6,8,10-11H,3,9,12H2,1H3. The van der Waals surface area contributed by atoms with Crippen LogP contribution in [0.25, 0.3) is 11.0 Å². The van der Waals surface area contributed by atoms with Crippen LogP contribution in [0.1, 0.15) is 28.1 Å². The van der Waals surface area contributed by atoms with Gasteiger partial charge in [0.25, 0.3) is 5.91 Å². The van der Waals surface area contributed by atoms with Gasteiger partial charge in [0.2, 0.25) is 0 Å². The number of fused-ring (bicyclic) bond motifs is 1. The lowest BCUT2D eigenvalue weighted by molar-refractivity contribution is 0.0716. The summed E-state index contributed by atoms with van der Waals surface area (Å²) in [6, 6.07) is 11.1. The number of nitriles is 1. The first-order valence-corrected chi connectivity index (χ1v) is 8.21. The molecule has 0 saturated carbocycles. The van der Waals surface area contributed by atoms with Gasteiger partial charge in [0, 0.05) is 41.5 Å². The molecular formula is C19H16ClN3O2. The normalized spacial score (nSPS) is 10.6. The van der Waals surface area contributed by atoms with Gasteiger partial charge in [-0.05, 0) is 36.8 Å². The van der Waals surface area contributed by atoms with Crippen molar-refractivity contribution in [1.29, 1.82) is 5.26 Å². The Morgan fingerprint density at radius 1 is 1.40 bits per heavy atom. The van der Waals surface area contributed by atoms with Crippen molar-refractivity contribution in [3.63, 3.8) is 0 Å². The van der Waals surface area contributed by atoms with Crippen LogP contribution in [0.3, 0.4) is 0 Å². The maximum absolute atomic E-state index is 13.0. The molecule has 0 radical (unpaired) electrons. The van der Waals surface area contributed by atoms with Gasteiger partial charge in [0.15, 0.2) is 5.76 Å². The molecule has 0 aliphatic rings. The van der Waals surface area contributed by atoms with E-state index in [4.69, 9.17) is 21.3 Å². The minimum atomic E-state index is -0.246. The molecule has 0 fully saturated rings. The van der Waals surface area contributed by atoms with E-state index in [1.54, 1.807) is 35.5 Å². The number of rotatable bonds is 5. The van der Waals surface area contributed by atoms with Gasteiger partial charge in [0.1, 0.15) is 5.58 Å². The zero-order valence-corrected chi connectivity index (χ0v) is 14.5. The Kier molecular flexibility index (Phi) is 5.01. The number of furan rings is 1. The minimum Gasteiger partial charge on any atom is -0.451 e. The molecular weight excluding hydrogens is 338 g/mol. The summed E-state index contributed by atoms with van der Waals surface area (Å²) < 4.78 is 5.77. The summed E-state index contributed by atoms with van der Waals surface area (Å²) in [5.74, 6) is 0.0306. The van der Waals surface area contributed by atoms with E-state index in [2.05, 4.69) is 11.1 Å². The van der Waals surface area contributed by atoms with Gasteiger partial charge >= 0.3 is 0 Å². The largest absolute Gasteiger partial charge is 0.451 e. The Balaban J connectivity index is 1.94. The van der Waals surface area contributed by atoms with Gasteiger partial charge < -0.3 is 9.32 Å². The van der Waals surface area contributed by atoms with Gasteiger partial charge in [-0.3, -0.25) is 9.78 Å². The van der Waals surface area contributed by atoms with Crippen molar-refractivity contribution < 1.29 is 9.21 Å². The molecule has 3 rings (SSSR count). The smallest absolute Gasteiger partial charge is 0.290 e. The van der Waals surface area contributed by atoms with Crippen molar-refractivity contribution in [2.45, 2.75) is 19.9 Å². The van der Waals surface area contributed by atoms with Crippen LogP contribution < -0.4 is 0 Å². The molecule has 2 aromatic heterocycles. The van der Waals surface area contributed by atoms with Crippen molar-refractivity contribution in [3.05, 3.63) is 64.6 Å². The molecule has 0 spiro atoms. The molecule has 0 atom stereocenters. The van der Waals surface area contributed by atoms with E-state index in [1.807, 2.05) is 19.1 Å². The third kappa shape index (κ3) is 3.65. The van der Waals surface area contributed by atoms with Crippen LogP contribution in [0, 0.1) is 18.3 Å². The lowest BCUT2D eigenvalue weighted by Gasteiger charge is -2.20. The average Bonchev–Trinajstić information content (AvgIpc) is 2.95. The van der Waals surface area contributed by atoms with E-state index in [0.717, 1.165) is 16.5 Å². The van der Waals surface area contributed by atoms with Crippen LogP contribution in [0.2, 0.25) is 5.02 Å². The van der Waals surface area contributed by atoms with E-state index in [9.17, 15) is 4.79 Å². The summed E-state index contributed by atoms with van der Waals surface area (Å²) >= 11 is 6.04. The molecule has 3 aromatic rings. The highest BCUT2D eigenvalue weighted by Crippen LogP contribution is 2.29. The monoisotopic (exact) mass is 353 g/mol. The van der Waals surface area contributed by atoms with Gasteiger partial charge in [-0.1, -0.05) is 17.7 Å². The molecule has 6 heteroatoms. The number of nitrogens with zero attached hydrogens (tertiary/aromatic N) is 3. The topological polar surface area (TPSA) is 70.1 Å². The predicted octanol–water partition coefficient (Wildman–Crippen LogP) is 4.35. The average molecular weight is 354 g/mol. The number of carbonyl (C=O) groups is 1. The van der Waals surface area contributed by atoms with E-state index in [1.165, 1.54) is 0 Å². The number of pyridine rings is 1. The maximum Gasteiger partial charge on any atom is 0.290 e. The molecule has 0 aliphatic carbocycles. The lowest BCUT2D eigenvalue weighted by Crippen LogP contribution is -2.31.